The molecule has 0 bridgehead atoms. The number of piperidine rings is 1. The van der Waals surface area contributed by atoms with Gasteiger partial charge in [-0.1, -0.05) is 59.6 Å². The smallest absolute Gasteiger partial charge is 0.317 e. The van der Waals surface area contributed by atoms with Crippen molar-refractivity contribution in [2.24, 2.45) is 0 Å². The summed E-state index contributed by atoms with van der Waals surface area (Å²) in [5.74, 6) is -0.101. The summed E-state index contributed by atoms with van der Waals surface area (Å²) in [5.41, 5.74) is 1.43. The van der Waals surface area contributed by atoms with E-state index in [2.05, 4.69) is 16.0 Å². The zero-order chi connectivity index (χ0) is 21.1. The third-order valence-corrected chi connectivity index (χ3v) is 6.39. The highest BCUT2D eigenvalue weighted by Gasteiger charge is 2.47. The van der Waals surface area contributed by atoms with Gasteiger partial charge in [0.05, 0.1) is 16.1 Å². The molecule has 2 N–H and O–H groups in total. The second-order valence-corrected chi connectivity index (χ2v) is 8.58. The Morgan fingerprint density at radius 2 is 1.83 bits per heavy atom. The number of carbonyl (C=O) groups is 2. The molecule has 6 nitrogen and oxygen atoms in total. The van der Waals surface area contributed by atoms with Gasteiger partial charge in [0.1, 0.15) is 5.66 Å². The van der Waals surface area contributed by atoms with Gasteiger partial charge in [-0.15, -0.1) is 0 Å². The summed E-state index contributed by atoms with van der Waals surface area (Å²) < 4.78 is 0. The lowest BCUT2D eigenvalue weighted by atomic mass is 9.97. The van der Waals surface area contributed by atoms with Crippen molar-refractivity contribution in [3.8, 4) is 0 Å². The van der Waals surface area contributed by atoms with Gasteiger partial charge < -0.3 is 10.2 Å². The van der Waals surface area contributed by atoms with E-state index in [0.717, 1.165) is 11.1 Å². The molecule has 1 spiro atoms. The Morgan fingerprint density at radius 3 is 2.53 bits per heavy atom. The second-order valence-electron chi connectivity index (χ2n) is 7.76. The van der Waals surface area contributed by atoms with E-state index < -0.39 is 5.66 Å². The van der Waals surface area contributed by atoms with Crippen LogP contribution in [0.15, 0.2) is 48.5 Å². The highest BCUT2D eigenvalue weighted by molar-refractivity contribution is 6.42. The zero-order valence-corrected chi connectivity index (χ0v) is 17.9. The van der Waals surface area contributed by atoms with Crippen LogP contribution in [0.1, 0.15) is 24.0 Å². The third kappa shape index (κ3) is 4.72. The maximum absolute atomic E-state index is 12.5. The average molecular weight is 446 g/mol. The van der Waals surface area contributed by atoms with Gasteiger partial charge in [0.2, 0.25) is 0 Å². The number of nitrogens with zero attached hydrogens (tertiary/aromatic N) is 2. The predicted molar refractivity (Wildman–Crippen MR) is 116 cm³/mol. The van der Waals surface area contributed by atoms with Gasteiger partial charge in [-0.2, -0.15) is 0 Å². The van der Waals surface area contributed by atoms with E-state index in [4.69, 9.17) is 23.2 Å². The number of nitrogens with one attached hydrogen (secondary N) is 2. The van der Waals surface area contributed by atoms with Crippen LogP contribution in [-0.4, -0.2) is 41.6 Å². The minimum Gasteiger partial charge on any atom is -0.334 e. The molecule has 1 atom stereocenters. The molecule has 0 aromatic heterocycles. The molecule has 0 aliphatic carbocycles. The van der Waals surface area contributed by atoms with E-state index in [0.29, 0.717) is 48.9 Å². The Hall–Kier alpha value is -2.28. The molecular weight excluding hydrogens is 423 g/mol. The number of halogens is 2. The minimum absolute atomic E-state index is 0.101. The van der Waals surface area contributed by atoms with Gasteiger partial charge in [-0.25, -0.2) is 10.1 Å². The van der Waals surface area contributed by atoms with Crippen molar-refractivity contribution in [2.75, 3.05) is 13.1 Å². The number of amides is 3. The van der Waals surface area contributed by atoms with Crippen LogP contribution in [0.2, 0.25) is 10.0 Å². The monoisotopic (exact) mass is 445 g/mol. The first-order chi connectivity index (χ1) is 14.4. The normalized spacial score (nSPS) is 20.3. The lowest BCUT2D eigenvalue weighted by molar-refractivity contribution is -0.121. The Labute approximate surface area is 185 Å². The van der Waals surface area contributed by atoms with E-state index in [1.165, 1.54) is 0 Å². The first-order valence-electron chi connectivity index (χ1n) is 9.99. The lowest BCUT2D eigenvalue weighted by Gasteiger charge is -2.38. The first-order valence-corrected chi connectivity index (χ1v) is 10.7. The van der Waals surface area contributed by atoms with Crippen LogP contribution >= 0.6 is 23.2 Å². The fourth-order valence-corrected chi connectivity index (χ4v) is 4.29. The van der Waals surface area contributed by atoms with Crippen LogP contribution in [0.4, 0.5) is 4.79 Å². The average Bonchev–Trinajstić information content (AvgIpc) is 3.04. The van der Waals surface area contributed by atoms with Gasteiger partial charge in [0.25, 0.3) is 5.91 Å². The fraction of sp³-hybridized carbons (Fsp3) is 0.364. The molecule has 2 aromatic carbocycles. The van der Waals surface area contributed by atoms with Crippen molar-refractivity contribution in [1.29, 1.82) is 0 Å². The van der Waals surface area contributed by atoms with Crippen LogP contribution < -0.4 is 16.0 Å². The van der Waals surface area contributed by atoms with Crippen molar-refractivity contribution >= 4 is 35.1 Å². The maximum atomic E-state index is 12.5. The van der Waals surface area contributed by atoms with E-state index in [9.17, 15) is 9.59 Å². The van der Waals surface area contributed by atoms with Crippen LogP contribution in [0.25, 0.3) is 0 Å². The number of likely N-dealkylation sites (tertiary alicyclic amines) is 1. The summed E-state index contributed by atoms with van der Waals surface area (Å²) in [7, 11) is 0. The lowest BCUT2D eigenvalue weighted by Crippen LogP contribution is -2.57. The van der Waals surface area contributed by atoms with Crippen LogP contribution in [-0.2, 0) is 17.8 Å². The van der Waals surface area contributed by atoms with Crippen molar-refractivity contribution in [2.45, 2.75) is 37.5 Å². The number of carbonyl (C=O) groups excluding carboxylic acids is 2. The molecule has 8 heteroatoms. The van der Waals surface area contributed by atoms with Crippen LogP contribution in [0, 0.1) is 0 Å². The molecule has 2 aliphatic rings. The minimum atomic E-state index is -0.559. The molecule has 157 valence electrons. The number of benzene rings is 2. The topological polar surface area (TPSA) is 75.5 Å². The van der Waals surface area contributed by atoms with Gasteiger partial charge >= 0.3 is 6.03 Å². The number of urea groups is 1. The van der Waals surface area contributed by atoms with Gasteiger partial charge in [-0.05, 0) is 29.7 Å². The van der Waals surface area contributed by atoms with Crippen LogP contribution in [0.5, 0.6) is 0 Å². The van der Waals surface area contributed by atoms with Crippen molar-refractivity contribution in [1.82, 2.24) is 20.9 Å². The van der Waals surface area contributed by atoms with Crippen molar-refractivity contribution in [3.05, 3.63) is 69.7 Å². The fourth-order valence-electron chi connectivity index (χ4n) is 3.97. The Kier molecular flexibility index (Phi) is 6.18. The Balaban J connectivity index is 1.28. The van der Waals surface area contributed by atoms with Crippen molar-refractivity contribution < 1.29 is 9.59 Å². The largest absolute Gasteiger partial charge is 0.334 e. The molecule has 2 saturated heterocycles. The first kappa shape index (κ1) is 21.0. The molecular formula is C22H23Cl2N4O2. The number of hydrogen-bond acceptors (Lipinski definition) is 3. The molecule has 4 rings (SSSR count). The van der Waals surface area contributed by atoms with Gasteiger partial charge in [0.15, 0.2) is 0 Å². The standard InChI is InChI=1S/C22H23Cl2N4O2/c23-17-7-6-16(12-18(17)24)14-25-21(30)28-10-8-22(9-11-28)26-19(20(29)27-22)13-15-4-2-1-3-5-15/h1-7,12,19,26H,8-11,13-14H2,(H,25,30). The van der Waals surface area contributed by atoms with Crippen molar-refractivity contribution in [3.63, 3.8) is 0 Å². The highest BCUT2D eigenvalue weighted by Crippen LogP contribution is 2.27. The molecule has 2 aliphatic heterocycles. The molecule has 0 saturated carbocycles. The Morgan fingerprint density at radius 1 is 1.10 bits per heavy atom. The zero-order valence-electron chi connectivity index (χ0n) is 16.4. The third-order valence-electron chi connectivity index (χ3n) is 5.65. The summed E-state index contributed by atoms with van der Waals surface area (Å²) >= 11 is 11.9. The summed E-state index contributed by atoms with van der Waals surface area (Å²) in [6.45, 7) is 1.45. The maximum Gasteiger partial charge on any atom is 0.317 e. The molecule has 1 unspecified atom stereocenters. The van der Waals surface area contributed by atoms with Gasteiger partial charge in [0, 0.05) is 32.5 Å². The highest BCUT2D eigenvalue weighted by atomic mass is 35.5. The van der Waals surface area contributed by atoms with E-state index in [1.54, 1.807) is 17.0 Å². The summed E-state index contributed by atoms with van der Waals surface area (Å²) in [5, 5.41) is 11.7. The van der Waals surface area contributed by atoms with Gasteiger partial charge in [-0.3, -0.25) is 10.1 Å². The number of hydrogen-bond donors (Lipinski definition) is 2. The second kappa shape index (κ2) is 8.84. The summed E-state index contributed by atoms with van der Waals surface area (Å²) in [4.78, 5) is 26.7. The predicted octanol–water partition coefficient (Wildman–Crippen LogP) is 3.34. The Bertz CT molecular complexity index is 930. The number of rotatable bonds is 4. The molecule has 2 aromatic rings. The quantitative estimate of drug-likeness (QED) is 0.757. The van der Waals surface area contributed by atoms with E-state index in [-0.39, 0.29) is 18.0 Å². The molecule has 3 amide bonds. The molecule has 30 heavy (non-hydrogen) atoms. The summed E-state index contributed by atoms with van der Waals surface area (Å²) in [6, 6.07) is 14.8. The SMILES string of the molecule is O=C1[N]C2(CCN(C(=O)NCc3ccc(Cl)c(Cl)c3)CC2)NC1Cc1ccccc1. The van der Waals surface area contributed by atoms with E-state index in [1.807, 2.05) is 36.4 Å². The molecule has 1 radical (unpaired) electrons. The summed E-state index contributed by atoms with van der Waals surface area (Å²) in [6.07, 6.45) is 1.85. The molecule has 2 fully saturated rings. The molecule has 2 heterocycles. The van der Waals surface area contributed by atoms with E-state index >= 15 is 0 Å². The van der Waals surface area contributed by atoms with Crippen LogP contribution in [0.3, 0.4) is 0 Å².